The van der Waals surface area contributed by atoms with E-state index in [2.05, 4.69) is 40.7 Å². The Kier molecular flexibility index (Phi) is 5.10. The Labute approximate surface area is 141 Å². The van der Waals surface area contributed by atoms with Gasteiger partial charge in [0.15, 0.2) is 0 Å². The van der Waals surface area contributed by atoms with Gasteiger partial charge in [-0.1, -0.05) is 30.3 Å². The predicted octanol–water partition coefficient (Wildman–Crippen LogP) is 2.10. The maximum atomic E-state index is 12.2. The van der Waals surface area contributed by atoms with Crippen LogP contribution in [-0.2, 0) is 11.3 Å². The van der Waals surface area contributed by atoms with Gasteiger partial charge in [0.05, 0.1) is 13.1 Å². The highest BCUT2D eigenvalue weighted by Gasteiger charge is 2.31. The summed E-state index contributed by atoms with van der Waals surface area (Å²) < 4.78 is 0. The number of nitrogens with zero attached hydrogens (tertiary/aromatic N) is 1. The largest absolute Gasteiger partial charge is 0.350 e. The smallest absolute Gasteiger partial charge is 0.234 e. The van der Waals surface area contributed by atoms with Gasteiger partial charge in [0, 0.05) is 29.9 Å². The van der Waals surface area contributed by atoms with Gasteiger partial charge >= 0.3 is 0 Å². The lowest BCUT2D eigenvalue weighted by Gasteiger charge is -2.15. The molecule has 2 aromatic rings. The van der Waals surface area contributed by atoms with Crippen molar-refractivity contribution in [1.82, 2.24) is 10.2 Å². The molecule has 1 saturated heterocycles. The van der Waals surface area contributed by atoms with Crippen LogP contribution in [0.5, 0.6) is 0 Å². The van der Waals surface area contributed by atoms with Gasteiger partial charge in [0.2, 0.25) is 5.91 Å². The normalized spacial score (nSPS) is 21.5. The van der Waals surface area contributed by atoms with Crippen LogP contribution in [0, 0.1) is 6.92 Å². The summed E-state index contributed by atoms with van der Waals surface area (Å²) in [6, 6.07) is 12.5. The predicted molar refractivity (Wildman–Crippen MR) is 94.5 cm³/mol. The molecule has 1 aromatic carbocycles. The van der Waals surface area contributed by atoms with E-state index in [1.807, 2.05) is 18.2 Å². The van der Waals surface area contributed by atoms with E-state index in [0.29, 0.717) is 19.0 Å². The Morgan fingerprint density at radius 2 is 2.09 bits per heavy atom. The van der Waals surface area contributed by atoms with Gasteiger partial charge in [-0.25, -0.2) is 0 Å². The Balaban J connectivity index is 1.51. The first kappa shape index (κ1) is 16.2. The van der Waals surface area contributed by atoms with Crippen LogP contribution >= 0.6 is 11.3 Å². The summed E-state index contributed by atoms with van der Waals surface area (Å²) in [6.45, 7) is 4.72. The summed E-state index contributed by atoms with van der Waals surface area (Å²) in [5.41, 5.74) is 8.78. The fraction of sp³-hybridized carbons (Fsp3) is 0.389. The van der Waals surface area contributed by atoms with Gasteiger partial charge in [-0.2, -0.15) is 0 Å². The van der Waals surface area contributed by atoms with Gasteiger partial charge in [0.25, 0.3) is 0 Å². The lowest BCUT2D eigenvalue weighted by atomic mass is 9.95. The van der Waals surface area contributed by atoms with Crippen LogP contribution in [0.4, 0.5) is 0 Å². The first-order chi connectivity index (χ1) is 11.1. The van der Waals surface area contributed by atoms with Gasteiger partial charge in [-0.3, -0.25) is 9.69 Å². The van der Waals surface area contributed by atoms with Gasteiger partial charge in [-0.15, -0.1) is 11.3 Å². The molecule has 0 spiro atoms. The third kappa shape index (κ3) is 3.99. The van der Waals surface area contributed by atoms with Crippen molar-refractivity contribution in [3.8, 4) is 0 Å². The number of rotatable bonds is 5. The van der Waals surface area contributed by atoms with Crippen LogP contribution in [0.3, 0.4) is 0 Å². The molecule has 2 heterocycles. The maximum Gasteiger partial charge on any atom is 0.234 e. The first-order valence-corrected chi connectivity index (χ1v) is 8.84. The van der Waals surface area contributed by atoms with E-state index in [0.717, 1.165) is 13.1 Å². The summed E-state index contributed by atoms with van der Waals surface area (Å²) in [4.78, 5) is 15.5. The zero-order valence-corrected chi connectivity index (χ0v) is 14.2. The summed E-state index contributed by atoms with van der Waals surface area (Å²) in [6.07, 6.45) is 0. The monoisotopic (exact) mass is 329 g/mol. The van der Waals surface area contributed by atoms with Crippen molar-refractivity contribution in [2.45, 2.75) is 25.4 Å². The van der Waals surface area contributed by atoms with Gasteiger partial charge in [-0.05, 0) is 29.5 Å². The number of thiophene rings is 1. The quantitative estimate of drug-likeness (QED) is 0.883. The maximum absolute atomic E-state index is 12.2. The van der Waals surface area contributed by atoms with Crippen molar-refractivity contribution < 1.29 is 4.79 Å². The summed E-state index contributed by atoms with van der Waals surface area (Å²) in [5.74, 6) is 0.377. The number of hydrogen-bond donors (Lipinski definition) is 2. The van der Waals surface area contributed by atoms with Crippen LogP contribution in [0.15, 0.2) is 41.8 Å². The summed E-state index contributed by atoms with van der Waals surface area (Å²) >= 11 is 1.68. The molecule has 0 unspecified atom stereocenters. The molecule has 3 N–H and O–H groups in total. The molecular formula is C18H23N3OS. The SMILES string of the molecule is Cc1ccsc1CNC(=O)CN1C[C@@H](N)[C@H](c2ccccc2)C1. The van der Waals surface area contributed by atoms with Gasteiger partial charge in [0.1, 0.15) is 0 Å². The second-order valence-electron chi connectivity index (χ2n) is 6.18. The number of hydrogen-bond acceptors (Lipinski definition) is 4. The molecule has 3 rings (SSSR count). The molecular weight excluding hydrogens is 306 g/mol. The van der Waals surface area contributed by atoms with Crippen LogP contribution in [0.2, 0.25) is 0 Å². The van der Waals surface area contributed by atoms with E-state index in [4.69, 9.17) is 5.73 Å². The standard InChI is InChI=1S/C18H23N3OS/c1-13-7-8-23-17(13)9-20-18(22)12-21-10-15(16(19)11-21)14-5-3-2-4-6-14/h2-8,15-16H,9-12,19H2,1H3,(H,20,22)/t15-,16+/m0/s1. The molecule has 2 atom stereocenters. The molecule has 1 aliphatic heterocycles. The molecule has 23 heavy (non-hydrogen) atoms. The average molecular weight is 329 g/mol. The van der Waals surface area contributed by atoms with Crippen LogP contribution in [-0.4, -0.2) is 36.5 Å². The highest BCUT2D eigenvalue weighted by atomic mass is 32.1. The van der Waals surface area contributed by atoms with Crippen molar-refractivity contribution in [3.63, 3.8) is 0 Å². The van der Waals surface area contributed by atoms with Crippen LogP contribution in [0.25, 0.3) is 0 Å². The number of carbonyl (C=O) groups is 1. The molecule has 0 bridgehead atoms. The summed E-state index contributed by atoms with van der Waals surface area (Å²) in [5, 5.41) is 5.07. The molecule has 1 aliphatic rings. The first-order valence-electron chi connectivity index (χ1n) is 7.96. The fourth-order valence-electron chi connectivity index (χ4n) is 3.12. The van der Waals surface area contributed by atoms with E-state index in [9.17, 15) is 4.79 Å². The molecule has 1 fully saturated rings. The van der Waals surface area contributed by atoms with E-state index >= 15 is 0 Å². The third-order valence-corrected chi connectivity index (χ3v) is 5.47. The van der Waals surface area contributed by atoms with Crippen LogP contribution in [0.1, 0.15) is 21.9 Å². The zero-order valence-electron chi connectivity index (χ0n) is 13.4. The Bertz CT molecular complexity index is 655. The van der Waals surface area contributed by atoms with Crippen molar-refractivity contribution in [3.05, 3.63) is 57.8 Å². The molecule has 1 amide bonds. The molecule has 0 radical (unpaired) electrons. The topological polar surface area (TPSA) is 58.4 Å². The number of aryl methyl sites for hydroxylation is 1. The number of carbonyl (C=O) groups excluding carboxylic acids is 1. The average Bonchev–Trinajstić information content (AvgIpc) is 3.12. The third-order valence-electron chi connectivity index (χ3n) is 4.45. The molecule has 0 saturated carbocycles. The zero-order chi connectivity index (χ0) is 16.2. The number of nitrogens with one attached hydrogen (secondary N) is 1. The van der Waals surface area contributed by atoms with Gasteiger partial charge < -0.3 is 11.1 Å². The van der Waals surface area contributed by atoms with Crippen LogP contribution < -0.4 is 11.1 Å². The highest BCUT2D eigenvalue weighted by molar-refractivity contribution is 7.10. The second kappa shape index (κ2) is 7.25. The fourth-order valence-corrected chi connectivity index (χ4v) is 3.96. The highest BCUT2D eigenvalue weighted by Crippen LogP contribution is 2.26. The van der Waals surface area contributed by atoms with E-state index < -0.39 is 0 Å². The number of benzene rings is 1. The van der Waals surface area contributed by atoms with E-state index in [1.54, 1.807) is 11.3 Å². The Morgan fingerprint density at radius 1 is 1.30 bits per heavy atom. The minimum absolute atomic E-state index is 0.0683. The minimum atomic E-state index is 0.0683. The van der Waals surface area contributed by atoms with Crippen molar-refractivity contribution in [2.24, 2.45) is 5.73 Å². The Hall–Kier alpha value is -1.69. The lowest BCUT2D eigenvalue weighted by molar-refractivity contribution is -0.122. The van der Waals surface area contributed by atoms with Crippen molar-refractivity contribution in [1.29, 1.82) is 0 Å². The summed E-state index contributed by atoms with van der Waals surface area (Å²) in [7, 11) is 0. The van der Waals surface area contributed by atoms with E-state index in [1.165, 1.54) is 16.0 Å². The van der Waals surface area contributed by atoms with Crippen molar-refractivity contribution >= 4 is 17.2 Å². The van der Waals surface area contributed by atoms with E-state index in [-0.39, 0.29) is 11.9 Å². The lowest BCUT2D eigenvalue weighted by Crippen LogP contribution is -2.37. The Morgan fingerprint density at radius 3 is 2.78 bits per heavy atom. The molecule has 4 nitrogen and oxygen atoms in total. The number of likely N-dealkylation sites (tertiary alicyclic amines) is 1. The second-order valence-corrected chi connectivity index (χ2v) is 7.18. The number of amides is 1. The molecule has 1 aromatic heterocycles. The molecule has 0 aliphatic carbocycles. The molecule has 122 valence electrons. The molecule has 5 heteroatoms. The number of nitrogens with two attached hydrogens (primary N) is 1. The van der Waals surface area contributed by atoms with Crippen molar-refractivity contribution in [2.75, 3.05) is 19.6 Å². The minimum Gasteiger partial charge on any atom is -0.350 e.